The van der Waals surface area contributed by atoms with Crippen LogP contribution in [0.1, 0.15) is 43.4 Å². The predicted octanol–water partition coefficient (Wildman–Crippen LogP) is 2.63. The largest absolute Gasteiger partial charge is 0.391 e. The summed E-state index contributed by atoms with van der Waals surface area (Å²) in [5.74, 6) is 2.38. The molecular formula is C17H24N4O2S. The first-order valence-electron chi connectivity index (χ1n) is 8.43. The highest BCUT2D eigenvalue weighted by molar-refractivity contribution is 7.98. The zero-order chi connectivity index (χ0) is 16.8. The van der Waals surface area contributed by atoms with Crippen LogP contribution >= 0.6 is 11.8 Å². The van der Waals surface area contributed by atoms with Gasteiger partial charge in [0, 0.05) is 19.7 Å². The van der Waals surface area contributed by atoms with E-state index in [0.717, 1.165) is 42.4 Å². The second kappa shape index (κ2) is 8.60. The van der Waals surface area contributed by atoms with E-state index in [-0.39, 0.29) is 12.1 Å². The van der Waals surface area contributed by atoms with E-state index in [1.807, 2.05) is 22.9 Å². The molecule has 1 saturated carbocycles. The first-order valence-corrected chi connectivity index (χ1v) is 9.41. The molecule has 0 aromatic carbocycles. The van der Waals surface area contributed by atoms with Gasteiger partial charge in [0.05, 0.1) is 29.5 Å². The number of nitrogens with zero attached hydrogens (tertiary/aromatic N) is 4. The van der Waals surface area contributed by atoms with Crippen LogP contribution < -0.4 is 0 Å². The van der Waals surface area contributed by atoms with Crippen LogP contribution in [0.2, 0.25) is 0 Å². The van der Waals surface area contributed by atoms with Crippen LogP contribution in [0.3, 0.4) is 0 Å². The summed E-state index contributed by atoms with van der Waals surface area (Å²) in [6.07, 6.45) is 6.15. The summed E-state index contributed by atoms with van der Waals surface area (Å²) in [7, 11) is 1.68. The zero-order valence-corrected chi connectivity index (χ0v) is 14.8. The van der Waals surface area contributed by atoms with Crippen molar-refractivity contribution in [2.75, 3.05) is 13.7 Å². The molecule has 0 amide bonds. The van der Waals surface area contributed by atoms with Crippen molar-refractivity contribution in [1.82, 2.24) is 19.7 Å². The highest BCUT2D eigenvalue weighted by atomic mass is 32.2. The molecule has 1 aliphatic carbocycles. The lowest BCUT2D eigenvalue weighted by Crippen LogP contribution is -2.29. The summed E-state index contributed by atoms with van der Waals surface area (Å²) in [6, 6.07) is 5.91. The van der Waals surface area contributed by atoms with Gasteiger partial charge in [-0.1, -0.05) is 30.7 Å². The fourth-order valence-electron chi connectivity index (χ4n) is 3.02. The van der Waals surface area contributed by atoms with Gasteiger partial charge in [0.2, 0.25) is 0 Å². The number of thioether (sulfide) groups is 1. The predicted molar refractivity (Wildman–Crippen MR) is 92.9 cm³/mol. The van der Waals surface area contributed by atoms with Crippen LogP contribution in [-0.4, -0.2) is 44.7 Å². The molecule has 7 heteroatoms. The van der Waals surface area contributed by atoms with Crippen LogP contribution in [0.5, 0.6) is 0 Å². The van der Waals surface area contributed by atoms with E-state index in [2.05, 4.69) is 15.1 Å². The molecule has 1 aliphatic rings. The first kappa shape index (κ1) is 17.4. The Kier molecular flexibility index (Phi) is 6.23. The summed E-state index contributed by atoms with van der Waals surface area (Å²) < 4.78 is 7.09. The Bertz CT molecular complexity index is 635. The minimum absolute atomic E-state index is 0.0295. The minimum atomic E-state index is -0.339. The van der Waals surface area contributed by atoms with Crippen molar-refractivity contribution in [1.29, 1.82) is 0 Å². The number of methoxy groups -OCH3 is 1. The third-order valence-corrected chi connectivity index (χ3v) is 5.21. The third kappa shape index (κ3) is 4.34. The molecule has 6 nitrogen and oxygen atoms in total. The zero-order valence-electron chi connectivity index (χ0n) is 14.0. The van der Waals surface area contributed by atoms with Crippen molar-refractivity contribution >= 4 is 11.8 Å². The Morgan fingerprint density at radius 3 is 2.96 bits per heavy atom. The Morgan fingerprint density at radius 2 is 2.21 bits per heavy atom. The molecular weight excluding hydrogens is 324 g/mol. The maximum atomic E-state index is 10.4. The molecule has 1 fully saturated rings. The molecule has 2 aromatic rings. The van der Waals surface area contributed by atoms with Crippen molar-refractivity contribution in [3.63, 3.8) is 0 Å². The van der Waals surface area contributed by atoms with Gasteiger partial charge in [-0.2, -0.15) is 5.10 Å². The van der Waals surface area contributed by atoms with E-state index < -0.39 is 0 Å². The molecule has 0 spiro atoms. The highest BCUT2D eigenvalue weighted by Gasteiger charge is 2.28. The highest BCUT2D eigenvalue weighted by Crippen LogP contribution is 2.30. The Hall–Kier alpha value is -1.44. The molecule has 1 N–H and O–H groups in total. The Morgan fingerprint density at radius 1 is 1.33 bits per heavy atom. The smallest absolute Gasteiger partial charge is 0.153 e. The third-order valence-electron chi connectivity index (χ3n) is 4.27. The Labute approximate surface area is 146 Å². The molecule has 0 saturated heterocycles. The molecule has 2 heterocycles. The lowest BCUT2D eigenvalue weighted by molar-refractivity contribution is 0.0678. The van der Waals surface area contributed by atoms with Crippen molar-refractivity contribution in [2.45, 2.75) is 55.0 Å². The number of hydrogen-bond acceptors (Lipinski definition) is 6. The molecule has 3 rings (SSSR count). The summed E-state index contributed by atoms with van der Waals surface area (Å²) in [5.41, 5.74) is 0. The fraction of sp³-hybridized carbons (Fsp3) is 0.588. The first-order chi connectivity index (χ1) is 11.8. The summed E-state index contributed by atoms with van der Waals surface area (Å²) >= 11 is 1.64. The van der Waals surface area contributed by atoms with Crippen LogP contribution in [0.25, 0.3) is 0 Å². The number of rotatable bonds is 7. The van der Waals surface area contributed by atoms with E-state index in [0.29, 0.717) is 18.8 Å². The van der Waals surface area contributed by atoms with Gasteiger partial charge in [0.15, 0.2) is 5.82 Å². The molecule has 2 aromatic heterocycles. The molecule has 0 aliphatic heterocycles. The molecule has 0 unspecified atom stereocenters. The van der Waals surface area contributed by atoms with Crippen molar-refractivity contribution in [2.24, 2.45) is 0 Å². The van der Waals surface area contributed by atoms with E-state index in [9.17, 15) is 5.11 Å². The lowest BCUT2D eigenvalue weighted by atomic mass is 9.93. The monoisotopic (exact) mass is 348 g/mol. The standard InChI is InChI=1S/C17H24N4O2S/c1-23-11-9-15-19-16(12-24-17-8-4-5-10-18-17)21(20-15)13-6-2-3-7-14(13)22/h4-5,8,10,13-14,22H,2-3,6-7,9,11-12H2,1H3/t13-,14-/m1/s1. The minimum Gasteiger partial charge on any atom is -0.391 e. The number of aliphatic hydroxyl groups excluding tert-OH is 1. The van der Waals surface area contributed by atoms with Crippen LogP contribution in [0.15, 0.2) is 29.4 Å². The topological polar surface area (TPSA) is 73.1 Å². The van der Waals surface area contributed by atoms with Gasteiger partial charge >= 0.3 is 0 Å². The SMILES string of the molecule is COCCc1nc(CSc2ccccn2)n([C@@H]2CCCC[C@H]2O)n1. The number of aromatic nitrogens is 4. The molecule has 2 atom stereocenters. The van der Waals surface area contributed by atoms with Crippen LogP contribution in [0, 0.1) is 0 Å². The maximum Gasteiger partial charge on any atom is 0.153 e. The van der Waals surface area contributed by atoms with Crippen molar-refractivity contribution < 1.29 is 9.84 Å². The van der Waals surface area contributed by atoms with Crippen molar-refractivity contribution in [3.8, 4) is 0 Å². The Balaban J connectivity index is 1.78. The van der Waals surface area contributed by atoms with Gasteiger partial charge in [-0.3, -0.25) is 0 Å². The van der Waals surface area contributed by atoms with Gasteiger partial charge in [-0.25, -0.2) is 14.6 Å². The van der Waals surface area contributed by atoms with E-state index in [4.69, 9.17) is 4.74 Å². The summed E-state index contributed by atoms with van der Waals surface area (Å²) in [4.78, 5) is 9.03. The molecule has 130 valence electrons. The number of ether oxygens (including phenoxy) is 1. The van der Waals surface area contributed by atoms with Gasteiger partial charge in [0.1, 0.15) is 5.82 Å². The molecule has 0 radical (unpaired) electrons. The van der Waals surface area contributed by atoms with Crippen molar-refractivity contribution in [3.05, 3.63) is 36.0 Å². The molecule has 24 heavy (non-hydrogen) atoms. The lowest BCUT2D eigenvalue weighted by Gasteiger charge is -2.28. The van der Waals surface area contributed by atoms with Crippen LogP contribution in [-0.2, 0) is 16.9 Å². The fourth-order valence-corrected chi connectivity index (χ4v) is 3.80. The number of aliphatic hydroxyl groups is 1. The van der Waals surface area contributed by atoms with Gasteiger partial charge in [0.25, 0.3) is 0 Å². The van der Waals surface area contributed by atoms with E-state index >= 15 is 0 Å². The van der Waals surface area contributed by atoms with Gasteiger partial charge in [-0.05, 0) is 25.0 Å². The maximum absolute atomic E-state index is 10.4. The van der Waals surface area contributed by atoms with Gasteiger partial charge in [-0.15, -0.1) is 0 Å². The molecule has 0 bridgehead atoms. The van der Waals surface area contributed by atoms with E-state index in [1.54, 1.807) is 25.1 Å². The summed E-state index contributed by atoms with van der Waals surface area (Å²) in [5, 5.41) is 16.0. The second-order valence-corrected chi connectivity index (χ2v) is 7.00. The quantitative estimate of drug-likeness (QED) is 0.776. The average Bonchev–Trinajstić information content (AvgIpc) is 3.02. The number of pyridine rings is 1. The number of hydrogen-bond donors (Lipinski definition) is 1. The van der Waals surface area contributed by atoms with Crippen LogP contribution in [0.4, 0.5) is 0 Å². The average molecular weight is 348 g/mol. The second-order valence-electron chi connectivity index (χ2n) is 6.01. The van der Waals surface area contributed by atoms with E-state index in [1.165, 1.54) is 0 Å². The normalized spacial score (nSPS) is 21.1. The summed E-state index contributed by atoms with van der Waals surface area (Å²) in [6.45, 7) is 0.601. The van der Waals surface area contributed by atoms with Gasteiger partial charge < -0.3 is 9.84 Å².